The average Bonchev–Trinajstić information content (AvgIpc) is 2.42. The largest absolute Gasteiger partial charge is 0.481 e. The van der Waals surface area contributed by atoms with Crippen LogP contribution in [0.3, 0.4) is 0 Å². The Bertz CT molecular complexity index is 479. The maximum Gasteiger partial charge on any atom is 0.308 e. The zero-order valence-electron chi connectivity index (χ0n) is 13.3. The number of aliphatic carboxylic acids is 1. The summed E-state index contributed by atoms with van der Waals surface area (Å²) in [6, 6.07) is 7.38. The second-order valence-electron chi connectivity index (χ2n) is 5.97. The van der Waals surface area contributed by atoms with Gasteiger partial charge in [-0.05, 0) is 43.5 Å². The van der Waals surface area contributed by atoms with Gasteiger partial charge in [-0.2, -0.15) is 0 Å². The summed E-state index contributed by atoms with van der Waals surface area (Å²) >= 11 is 0. The maximum absolute atomic E-state index is 11.3. The summed E-state index contributed by atoms with van der Waals surface area (Å²) in [4.78, 5) is 24.5. The van der Waals surface area contributed by atoms with Gasteiger partial charge in [-0.15, -0.1) is 0 Å². The Morgan fingerprint density at radius 1 is 1.14 bits per heavy atom. The highest BCUT2D eigenvalue weighted by Crippen LogP contribution is 2.19. The van der Waals surface area contributed by atoms with Crippen LogP contribution < -0.4 is 4.90 Å². The van der Waals surface area contributed by atoms with Crippen LogP contribution in [0.15, 0.2) is 24.3 Å². The molecule has 1 rings (SSSR count). The van der Waals surface area contributed by atoms with Crippen molar-refractivity contribution < 1.29 is 14.7 Å². The quantitative estimate of drug-likeness (QED) is 0.745. The van der Waals surface area contributed by atoms with Gasteiger partial charge in [0.15, 0.2) is 5.78 Å². The zero-order chi connectivity index (χ0) is 16.0. The molecule has 0 aliphatic heterocycles. The first kappa shape index (κ1) is 17.2. The van der Waals surface area contributed by atoms with Crippen LogP contribution in [0.2, 0.25) is 0 Å². The third-order valence-electron chi connectivity index (χ3n) is 3.53. The van der Waals surface area contributed by atoms with Crippen molar-refractivity contribution in [3.63, 3.8) is 0 Å². The van der Waals surface area contributed by atoms with Gasteiger partial charge in [0.1, 0.15) is 0 Å². The molecule has 0 heterocycles. The number of carbonyl (C=O) groups excluding carboxylic acids is 1. The first-order chi connectivity index (χ1) is 9.81. The van der Waals surface area contributed by atoms with Gasteiger partial charge in [0.25, 0.3) is 0 Å². The van der Waals surface area contributed by atoms with E-state index in [0.29, 0.717) is 18.0 Å². The third-order valence-corrected chi connectivity index (χ3v) is 3.53. The van der Waals surface area contributed by atoms with Crippen LogP contribution >= 0.6 is 0 Å². The SMILES string of the molecule is CC(=O)c1ccc(N(CCC(C)C)CC(C)C(=O)O)cc1. The summed E-state index contributed by atoms with van der Waals surface area (Å²) in [5.41, 5.74) is 1.64. The van der Waals surface area contributed by atoms with Gasteiger partial charge in [0.05, 0.1) is 5.92 Å². The minimum atomic E-state index is -0.787. The Morgan fingerprint density at radius 3 is 2.14 bits per heavy atom. The van der Waals surface area contributed by atoms with E-state index in [1.165, 1.54) is 6.92 Å². The monoisotopic (exact) mass is 291 g/mol. The van der Waals surface area contributed by atoms with Crippen LogP contribution in [0.1, 0.15) is 44.5 Å². The summed E-state index contributed by atoms with van der Waals surface area (Å²) in [7, 11) is 0. The summed E-state index contributed by atoms with van der Waals surface area (Å²) in [5, 5.41) is 9.10. The molecule has 1 atom stereocenters. The lowest BCUT2D eigenvalue weighted by Crippen LogP contribution is -2.33. The molecule has 4 heteroatoms. The van der Waals surface area contributed by atoms with Crippen molar-refractivity contribution in [3.05, 3.63) is 29.8 Å². The van der Waals surface area contributed by atoms with Crippen LogP contribution in [0.25, 0.3) is 0 Å². The number of anilines is 1. The van der Waals surface area contributed by atoms with Crippen molar-refractivity contribution in [2.45, 2.75) is 34.1 Å². The van der Waals surface area contributed by atoms with Crippen molar-refractivity contribution in [3.8, 4) is 0 Å². The Morgan fingerprint density at radius 2 is 1.71 bits per heavy atom. The van der Waals surface area contributed by atoms with E-state index in [-0.39, 0.29) is 5.78 Å². The topological polar surface area (TPSA) is 57.6 Å². The number of ketones is 1. The highest BCUT2D eigenvalue weighted by Gasteiger charge is 2.17. The number of benzene rings is 1. The van der Waals surface area contributed by atoms with Gasteiger partial charge in [-0.25, -0.2) is 0 Å². The van der Waals surface area contributed by atoms with Gasteiger partial charge in [-0.3, -0.25) is 9.59 Å². The van der Waals surface area contributed by atoms with Crippen molar-refractivity contribution in [2.75, 3.05) is 18.0 Å². The first-order valence-electron chi connectivity index (χ1n) is 7.40. The minimum absolute atomic E-state index is 0.0363. The number of carboxylic acids is 1. The molecule has 0 amide bonds. The molecule has 0 radical (unpaired) electrons. The Labute approximate surface area is 126 Å². The van der Waals surface area contributed by atoms with E-state index in [1.54, 1.807) is 19.1 Å². The van der Waals surface area contributed by atoms with Crippen molar-refractivity contribution in [1.29, 1.82) is 0 Å². The van der Waals surface area contributed by atoms with E-state index < -0.39 is 11.9 Å². The zero-order valence-corrected chi connectivity index (χ0v) is 13.3. The molecular formula is C17H25NO3. The highest BCUT2D eigenvalue weighted by atomic mass is 16.4. The van der Waals surface area contributed by atoms with Gasteiger partial charge in [0.2, 0.25) is 0 Å². The number of hydrogen-bond donors (Lipinski definition) is 1. The fourth-order valence-corrected chi connectivity index (χ4v) is 2.06. The molecule has 0 aliphatic rings. The lowest BCUT2D eigenvalue weighted by molar-refractivity contribution is -0.140. The normalized spacial score (nSPS) is 12.2. The van der Waals surface area contributed by atoms with Gasteiger partial charge >= 0.3 is 5.97 Å². The molecule has 0 aromatic heterocycles. The first-order valence-corrected chi connectivity index (χ1v) is 7.40. The van der Waals surface area contributed by atoms with Gasteiger partial charge in [-0.1, -0.05) is 20.8 Å². The Balaban J connectivity index is 2.88. The fraction of sp³-hybridized carbons (Fsp3) is 0.529. The van der Waals surface area contributed by atoms with Crippen molar-refractivity contribution >= 4 is 17.4 Å². The predicted molar refractivity (Wildman–Crippen MR) is 84.9 cm³/mol. The standard InChI is InChI=1S/C17H25NO3/c1-12(2)9-10-18(11-13(3)17(20)21)16-7-5-15(6-8-16)14(4)19/h5-8,12-13H,9-11H2,1-4H3,(H,20,21). The van der Waals surface area contributed by atoms with Crippen LogP contribution in [-0.4, -0.2) is 29.9 Å². The number of carboxylic acid groups (broad SMARTS) is 1. The fourth-order valence-electron chi connectivity index (χ4n) is 2.06. The van der Waals surface area contributed by atoms with E-state index in [4.69, 9.17) is 5.11 Å². The third kappa shape index (κ3) is 5.58. The highest BCUT2D eigenvalue weighted by molar-refractivity contribution is 5.94. The lowest BCUT2D eigenvalue weighted by atomic mass is 10.1. The molecule has 0 bridgehead atoms. The summed E-state index contributed by atoms with van der Waals surface area (Å²) in [6.07, 6.45) is 1.00. The maximum atomic E-state index is 11.3. The molecule has 4 nitrogen and oxygen atoms in total. The molecule has 116 valence electrons. The van der Waals surface area contributed by atoms with Gasteiger partial charge in [0, 0.05) is 24.3 Å². The molecule has 0 saturated carbocycles. The smallest absolute Gasteiger partial charge is 0.308 e. The number of Topliss-reactive ketones (excluding diaryl/α,β-unsaturated/α-hetero) is 1. The summed E-state index contributed by atoms with van der Waals surface area (Å²) in [6.45, 7) is 8.85. The second kappa shape index (κ2) is 7.81. The average molecular weight is 291 g/mol. The van der Waals surface area contributed by atoms with Crippen LogP contribution in [-0.2, 0) is 4.79 Å². The van der Waals surface area contributed by atoms with Crippen LogP contribution in [0.5, 0.6) is 0 Å². The van der Waals surface area contributed by atoms with E-state index in [9.17, 15) is 9.59 Å². The molecule has 1 aromatic carbocycles. The van der Waals surface area contributed by atoms with Crippen molar-refractivity contribution in [2.24, 2.45) is 11.8 Å². The van der Waals surface area contributed by atoms with E-state index in [2.05, 4.69) is 18.7 Å². The van der Waals surface area contributed by atoms with Crippen LogP contribution in [0, 0.1) is 11.8 Å². The summed E-state index contributed by atoms with van der Waals surface area (Å²) < 4.78 is 0. The number of hydrogen-bond acceptors (Lipinski definition) is 3. The molecular weight excluding hydrogens is 266 g/mol. The second-order valence-corrected chi connectivity index (χ2v) is 5.97. The molecule has 1 aromatic rings. The minimum Gasteiger partial charge on any atom is -0.481 e. The van der Waals surface area contributed by atoms with E-state index in [1.807, 2.05) is 12.1 Å². The van der Waals surface area contributed by atoms with E-state index in [0.717, 1.165) is 18.7 Å². The number of rotatable bonds is 8. The van der Waals surface area contributed by atoms with Gasteiger partial charge < -0.3 is 10.0 Å². The lowest BCUT2D eigenvalue weighted by Gasteiger charge is -2.27. The molecule has 1 N–H and O–H groups in total. The Kier molecular flexibility index (Phi) is 6.40. The number of nitrogens with zero attached hydrogens (tertiary/aromatic N) is 1. The predicted octanol–water partition coefficient (Wildman–Crippen LogP) is 3.46. The van der Waals surface area contributed by atoms with Crippen molar-refractivity contribution in [1.82, 2.24) is 0 Å². The number of carbonyl (C=O) groups is 2. The molecule has 0 aliphatic carbocycles. The van der Waals surface area contributed by atoms with Crippen LogP contribution in [0.4, 0.5) is 5.69 Å². The molecule has 21 heavy (non-hydrogen) atoms. The van der Waals surface area contributed by atoms with E-state index >= 15 is 0 Å². The molecule has 0 fully saturated rings. The molecule has 1 unspecified atom stereocenters. The Hall–Kier alpha value is -1.84. The molecule has 0 spiro atoms. The molecule has 0 saturated heterocycles. The summed E-state index contributed by atoms with van der Waals surface area (Å²) in [5.74, 6) is -0.618.